The Balaban J connectivity index is 1.46. The molecule has 0 spiro atoms. The van der Waals surface area contributed by atoms with Crippen LogP contribution in [0.1, 0.15) is 107 Å². The van der Waals surface area contributed by atoms with Crippen LogP contribution >= 0.6 is 11.6 Å². The number of aromatic nitrogens is 1. The first-order chi connectivity index (χ1) is 26.1. The fourth-order valence-corrected chi connectivity index (χ4v) is 9.06. The lowest BCUT2D eigenvalue weighted by molar-refractivity contribution is -0.161. The van der Waals surface area contributed by atoms with Crippen molar-refractivity contribution in [1.29, 1.82) is 0 Å². The Morgan fingerprint density at radius 2 is 1.82 bits per heavy atom. The van der Waals surface area contributed by atoms with Crippen LogP contribution in [0, 0.1) is 22.7 Å². The number of ether oxygens (including phenoxy) is 3. The van der Waals surface area contributed by atoms with E-state index in [1.54, 1.807) is 45.0 Å². The van der Waals surface area contributed by atoms with E-state index in [0.29, 0.717) is 54.0 Å². The largest absolute Gasteiger partial charge is 0.488 e. The number of nitrogens with one attached hydrogen (secondary N) is 1. The monoisotopic (exact) mass is 817 g/mol. The van der Waals surface area contributed by atoms with Crippen molar-refractivity contribution in [1.82, 2.24) is 14.6 Å². The van der Waals surface area contributed by atoms with Gasteiger partial charge in [-0.2, -0.15) is 8.42 Å². The molecule has 0 bridgehead atoms. The average Bonchev–Trinajstić information content (AvgIpc) is 3.96. The topological polar surface area (TPSA) is 168 Å². The van der Waals surface area contributed by atoms with Crippen LogP contribution in [0.3, 0.4) is 0 Å². The molecule has 1 aromatic carbocycles. The number of nitrogens with zero attached hydrogens (tertiary/aromatic N) is 2. The fraction of sp³-hybridized carbons (Fsp3) is 0.634. The lowest BCUT2D eigenvalue weighted by Crippen LogP contribution is -2.49. The van der Waals surface area contributed by atoms with Gasteiger partial charge in [0, 0.05) is 24.3 Å². The van der Waals surface area contributed by atoms with Crippen LogP contribution in [0.25, 0.3) is 10.9 Å². The smallest absolute Gasteiger partial charge is 0.362 e. The van der Waals surface area contributed by atoms with Crippen molar-refractivity contribution in [2.75, 3.05) is 13.2 Å². The van der Waals surface area contributed by atoms with Crippen LogP contribution in [0.2, 0.25) is 5.02 Å². The van der Waals surface area contributed by atoms with Gasteiger partial charge in [-0.1, -0.05) is 57.9 Å². The number of amides is 2. The normalized spacial score (nSPS) is 23.6. The van der Waals surface area contributed by atoms with Gasteiger partial charge in [-0.3, -0.25) is 19.2 Å². The highest BCUT2D eigenvalue weighted by Gasteiger charge is 2.61. The van der Waals surface area contributed by atoms with Crippen LogP contribution in [0.4, 0.5) is 0 Å². The van der Waals surface area contributed by atoms with Crippen LogP contribution in [0.5, 0.6) is 11.6 Å². The maximum absolute atomic E-state index is 14.7. The van der Waals surface area contributed by atoms with Crippen molar-refractivity contribution in [3.8, 4) is 11.6 Å². The molecule has 1 aromatic heterocycles. The molecule has 0 unspecified atom stereocenters. The molecular weight excluding hydrogens is 762 g/mol. The highest BCUT2D eigenvalue weighted by molar-refractivity contribution is 7.85. The number of ketones is 1. The van der Waals surface area contributed by atoms with E-state index in [4.69, 9.17) is 30.0 Å². The average molecular weight is 818 g/mol. The zero-order chi connectivity index (χ0) is 41.4. The Labute approximate surface area is 335 Å². The SMILES string of the molecule is C=C[C@@H]1C[C@]1(CC(=O)[C@@H]1C[C@@H](Oc2cc(OCC)nc3c(Cl)cccc23)CN1C(=O)[C@@H](CC(=O)OC(C)(C)C)C(C)(C)C)C(=O)NS(=O)(=O)OC1(CCC)CC1. The quantitative estimate of drug-likeness (QED) is 0.130. The van der Waals surface area contributed by atoms with Gasteiger partial charge >= 0.3 is 16.3 Å². The second-order valence-electron chi connectivity index (χ2n) is 17.5. The van der Waals surface area contributed by atoms with Gasteiger partial charge in [0.2, 0.25) is 17.7 Å². The molecule has 2 aromatic rings. The molecule has 2 heterocycles. The fourth-order valence-electron chi connectivity index (χ4n) is 7.66. The first-order valence-corrected chi connectivity index (χ1v) is 21.2. The molecule has 308 valence electrons. The van der Waals surface area contributed by atoms with E-state index in [1.807, 2.05) is 34.6 Å². The summed E-state index contributed by atoms with van der Waals surface area (Å²) in [6.07, 6.45) is 2.88. The minimum Gasteiger partial charge on any atom is -0.488 e. The molecular formula is C41H56ClN3O10S. The number of rotatable bonds is 17. The summed E-state index contributed by atoms with van der Waals surface area (Å²) < 4.78 is 51.6. The van der Waals surface area contributed by atoms with Gasteiger partial charge in [0.15, 0.2) is 5.78 Å². The summed E-state index contributed by atoms with van der Waals surface area (Å²) in [5.74, 6) is -2.99. The van der Waals surface area contributed by atoms with E-state index >= 15 is 0 Å². The summed E-state index contributed by atoms with van der Waals surface area (Å²) in [6.45, 7) is 18.7. The maximum Gasteiger partial charge on any atom is 0.362 e. The number of benzene rings is 1. The Bertz CT molecular complexity index is 1970. The number of carbonyl (C=O) groups excluding carboxylic acids is 4. The van der Waals surface area contributed by atoms with Crippen LogP contribution in [-0.2, 0) is 38.4 Å². The Morgan fingerprint density at radius 1 is 1.12 bits per heavy atom. The van der Waals surface area contributed by atoms with E-state index in [2.05, 4.69) is 16.3 Å². The summed E-state index contributed by atoms with van der Waals surface area (Å²) >= 11 is 6.52. The van der Waals surface area contributed by atoms with Crippen molar-refractivity contribution in [3.63, 3.8) is 0 Å². The standard InChI is InChI=1S/C41H56ClN3O10S/c1-10-16-40(17-18-40)55-56(50,51)44-37(49)41(22-25(41)11-2)23-31(46)30-19-26(53-32-21-33(52-12-3)43-35-27(32)14-13-15-29(35)42)24-45(30)36(48)28(38(4,5)6)20-34(47)54-39(7,8)9/h11,13-15,21,25-26,28,30H,2,10,12,16-20,22-24H2,1,3-9H3,(H,44,49)/t25-,26-,28-,30+,41-/m1/s1. The molecule has 13 nitrogen and oxygen atoms in total. The summed E-state index contributed by atoms with van der Waals surface area (Å²) in [5, 5.41) is 0.985. The second-order valence-corrected chi connectivity index (χ2v) is 19.2. The molecule has 5 atom stereocenters. The van der Waals surface area contributed by atoms with Crippen LogP contribution in [-0.4, -0.2) is 78.4 Å². The Kier molecular flexibility index (Phi) is 12.6. The Morgan fingerprint density at radius 3 is 2.39 bits per heavy atom. The van der Waals surface area contributed by atoms with Gasteiger partial charge in [-0.05, 0) is 76.8 Å². The zero-order valence-electron chi connectivity index (χ0n) is 33.7. The molecule has 3 aliphatic rings. The van der Waals surface area contributed by atoms with Crippen LogP contribution in [0.15, 0.2) is 36.9 Å². The molecule has 1 saturated heterocycles. The number of hydrogen-bond acceptors (Lipinski definition) is 11. The first kappa shape index (κ1) is 43.4. The lowest BCUT2D eigenvalue weighted by Gasteiger charge is -2.35. The second kappa shape index (κ2) is 16.2. The Hall–Kier alpha value is -3.75. The number of halogens is 1. The predicted molar refractivity (Wildman–Crippen MR) is 211 cm³/mol. The summed E-state index contributed by atoms with van der Waals surface area (Å²) in [6, 6.07) is 5.83. The molecule has 2 amide bonds. The van der Waals surface area contributed by atoms with Crippen molar-refractivity contribution < 1.29 is 46.0 Å². The number of carbonyl (C=O) groups is 4. The molecule has 1 N–H and O–H groups in total. The number of likely N-dealkylation sites (tertiary alicyclic amines) is 1. The molecule has 3 fully saturated rings. The van der Waals surface area contributed by atoms with Gasteiger partial charge in [0.05, 0.1) is 53.1 Å². The third-order valence-corrected chi connectivity index (χ3v) is 12.1. The minimum atomic E-state index is -4.47. The minimum absolute atomic E-state index is 0.0176. The number of hydrogen-bond donors (Lipinski definition) is 1. The third kappa shape index (κ3) is 10.0. The summed E-state index contributed by atoms with van der Waals surface area (Å²) in [4.78, 5) is 62.2. The maximum atomic E-state index is 14.7. The van der Waals surface area contributed by atoms with Crippen LogP contribution < -0.4 is 14.2 Å². The highest BCUT2D eigenvalue weighted by atomic mass is 35.5. The van der Waals surface area contributed by atoms with E-state index in [9.17, 15) is 27.6 Å². The van der Waals surface area contributed by atoms with Crippen molar-refractivity contribution in [3.05, 3.63) is 41.9 Å². The third-order valence-electron chi connectivity index (χ3n) is 10.7. The number of para-hydroxylation sites is 1. The van der Waals surface area contributed by atoms with Gasteiger partial charge in [-0.25, -0.2) is 13.9 Å². The lowest BCUT2D eigenvalue weighted by atomic mass is 9.77. The highest BCUT2D eigenvalue weighted by Crippen LogP contribution is 2.57. The van der Waals surface area contributed by atoms with Crippen molar-refractivity contribution in [2.24, 2.45) is 22.7 Å². The predicted octanol–water partition coefficient (Wildman–Crippen LogP) is 6.89. The summed E-state index contributed by atoms with van der Waals surface area (Å²) in [7, 11) is -4.47. The zero-order valence-corrected chi connectivity index (χ0v) is 35.3. The molecule has 0 radical (unpaired) electrons. The van der Waals surface area contributed by atoms with Gasteiger partial charge in [0.1, 0.15) is 17.5 Å². The molecule has 15 heteroatoms. The summed E-state index contributed by atoms with van der Waals surface area (Å²) in [5.41, 5.74) is -3.27. The van der Waals surface area contributed by atoms with E-state index in [1.165, 1.54) is 11.0 Å². The molecule has 56 heavy (non-hydrogen) atoms. The number of esters is 1. The molecule has 1 aliphatic heterocycles. The van der Waals surface area contributed by atoms with Crippen molar-refractivity contribution in [2.45, 2.75) is 130 Å². The van der Waals surface area contributed by atoms with Crippen molar-refractivity contribution >= 4 is 56.4 Å². The van der Waals surface area contributed by atoms with E-state index < -0.39 is 79.9 Å². The number of fused-ring (bicyclic) bond motifs is 1. The molecule has 5 rings (SSSR count). The van der Waals surface area contributed by atoms with Gasteiger partial charge in [-0.15, -0.1) is 6.58 Å². The first-order valence-electron chi connectivity index (χ1n) is 19.4. The molecule has 2 saturated carbocycles. The number of pyridine rings is 1. The van der Waals surface area contributed by atoms with E-state index in [0.717, 1.165) is 0 Å². The van der Waals surface area contributed by atoms with Gasteiger partial charge in [0.25, 0.3) is 0 Å². The molecule has 2 aliphatic carbocycles. The van der Waals surface area contributed by atoms with E-state index in [-0.39, 0.29) is 38.1 Å². The number of Topliss-reactive ketones (excluding diaryl/α,β-unsaturated/α-hetero) is 1. The number of allylic oxidation sites excluding steroid dienone is 1. The van der Waals surface area contributed by atoms with Gasteiger partial charge < -0.3 is 19.1 Å².